The molecule has 1 unspecified atom stereocenters. The number of para-hydroxylation sites is 1. The van der Waals surface area contributed by atoms with Crippen LogP contribution in [0.5, 0.6) is 5.75 Å². The first-order valence-corrected chi connectivity index (χ1v) is 11.8. The molecule has 2 heterocycles. The van der Waals surface area contributed by atoms with Crippen LogP contribution in [0.1, 0.15) is 63.4 Å². The Bertz CT molecular complexity index is 723. The molecule has 4 bridgehead atoms. The lowest BCUT2D eigenvalue weighted by Crippen LogP contribution is -2.65. The maximum absolute atomic E-state index is 13.1. The van der Waals surface area contributed by atoms with Crippen LogP contribution < -0.4 is 4.74 Å². The summed E-state index contributed by atoms with van der Waals surface area (Å²) in [4.78, 5) is 2.67. The summed E-state index contributed by atoms with van der Waals surface area (Å²) < 4.78 is 5.86. The molecule has 28 heavy (non-hydrogen) atoms. The van der Waals surface area contributed by atoms with Crippen molar-refractivity contribution in [3.63, 3.8) is 0 Å². The lowest BCUT2D eigenvalue weighted by atomic mass is 9.45. The van der Waals surface area contributed by atoms with E-state index in [9.17, 15) is 5.11 Å². The van der Waals surface area contributed by atoms with Crippen molar-refractivity contribution in [2.24, 2.45) is 29.6 Å². The lowest BCUT2D eigenvalue weighted by molar-refractivity contribution is -0.202. The zero-order chi connectivity index (χ0) is 18.9. The van der Waals surface area contributed by atoms with Crippen LogP contribution in [0.15, 0.2) is 24.3 Å². The average molecular weight is 382 g/mol. The van der Waals surface area contributed by atoms with Crippen LogP contribution in [0, 0.1) is 29.6 Å². The van der Waals surface area contributed by atoms with Gasteiger partial charge in [0.25, 0.3) is 0 Å². The second kappa shape index (κ2) is 6.22. The smallest absolute Gasteiger partial charge is 0.125 e. The Labute approximate surface area is 169 Å². The standard InChI is InChI=1S/C25H35NO2/c1-28-22-7-3-2-6-21(22)25(27,24-8-4-10-26(24)11-5-9-24)23-19-13-17-12-18(15-19)16-20(23)14-17/h2-3,6-7,17-20,23,27H,4-5,8-16H2,1H3. The van der Waals surface area contributed by atoms with Crippen molar-refractivity contribution in [1.82, 2.24) is 4.90 Å². The largest absolute Gasteiger partial charge is 0.496 e. The minimum atomic E-state index is -0.783. The van der Waals surface area contributed by atoms with Gasteiger partial charge in [-0.2, -0.15) is 0 Å². The minimum Gasteiger partial charge on any atom is -0.496 e. The van der Waals surface area contributed by atoms with Gasteiger partial charge < -0.3 is 9.84 Å². The van der Waals surface area contributed by atoms with Gasteiger partial charge in [-0.25, -0.2) is 0 Å². The molecule has 1 aromatic rings. The molecule has 6 fully saturated rings. The summed E-state index contributed by atoms with van der Waals surface area (Å²) in [7, 11) is 1.77. The van der Waals surface area contributed by atoms with Crippen LogP contribution in [0.2, 0.25) is 0 Å². The molecule has 0 amide bonds. The number of benzene rings is 1. The molecule has 2 saturated heterocycles. The van der Waals surface area contributed by atoms with Gasteiger partial charge in [0.2, 0.25) is 0 Å². The van der Waals surface area contributed by atoms with Crippen molar-refractivity contribution in [3.05, 3.63) is 29.8 Å². The van der Waals surface area contributed by atoms with Crippen LogP contribution >= 0.6 is 0 Å². The van der Waals surface area contributed by atoms with Crippen LogP contribution in [0.3, 0.4) is 0 Å². The second-order valence-electron chi connectivity index (χ2n) is 10.6. The van der Waals surface area contributed by atoms with E-state index < -0.39 is 5.60 Å². The number of ether oxygens (including phenoxy) is 1. The molecule has 0 aromatic heterocycles. The predicted molar refractivity (Wildman–Crippen MR) is 110 cm³/mol. The number of fused-ring (bicyclic) bond motifs is 1. The molecule has 1 atom stereocenters. The van der Waals surface area contributed by atoms with Gasteiger partial charge in [0.05, 0.1) is 12.6 Å². The highest BCUT2D eigenvalue weighted by molar-refractivity contribution is 5.43. The summed E-state index contributed by atoms with van der Waals surface area (Å²) in [6.07, 6.45) is 11.6. The van der Waals surface area contributed by atoms with Crippen LogP contribution in [-0.4, -0.2) is 35.7 Å². The highest BCUT2D eigenvalue weighted by atomic mass is 16.5. The third-order valence-electron chi connectivity index (χ3n) is 9.58. The van der Waals surface area contributed by atoms with Gasteiger partial charge in [0.15, 0.2) is 0 Å². The SMILES string of the molecule is COc1ccccc1C(O)(C1C2CC3CC(C2)CC1C3)C12CCCN1CCC2. The Morgan fingerprint density at radius 3 is 2.18 bits per heavy atom. The van der Waals surface area contributed by atoms with Crippen molar-refractivity contribution >= 4 is 0 Å². The first-order valence-electron chi connectivity index (χ1n) is 11.8. The minimum absolute atomic E-state index is 0.0817. The molecule has 1 N–H and O–H groups in total. The molecule has 0 radical (unpaired) electrons. The summed E-state index contributed by atoms with van der Waals surface area (Å²) in [5.74, 6) is 4.55. The molecule has 3 nitrogen and oxygen atoms in total. The molecule has 2 aliphatic heterocycles. The summed E-state index contributed by atoms with van der Waals surface area (Å²) in [6.45, 7) is 2.32. The second-order valence-corrected chi connectivity index (χ2v) is 10.6. The molecule has 7 rings (SSSR count). The van der Waals surface area contributed by atoms with Crippen LogP contribution in [0.25, 0.3) is 0 Å². The van der Waals surface area contributed by atoms with E-state index in [1.165, 1.54) is 44.9 Å². The molecule has 0 spiro atoms. The van der Waals surface area contributed by atoms with Crippen molar-refractivity contribution < 1.29 is 9.84 Å². The quantitative estimate of drug-likeness (QED) is 0.828. The number of nitrogens with zero attached hydrogens (tertiary/aromatic N) is 1. The summed E-state index contributed by atoms with van der Waals surface area (Å²) in [6, 6.07) is 8.43. The summed E-state index contributed by atoms with van der Waals surface area (Å²) in [5, 5.41) is 13.1. The Hall–Kier alpha value is -1.06. The summed E-state index contributed by atoms with van der Waals surface area (Å²) >= 11 is 0. The van der Waals surface area contributed by atoms with Crippen molar-refractivity contribution in [2.75, 3.05) is 20.2 Å². The first kappa shape index (κ1) is 17.8. The van der Waals surface area contributed by atoms with Crippen LogP contribution in [0.4, 0.5) is 0 Å². The number of aliphatic hydroxyl groups is 1. The fourth-order valence-corrected chi connectivity index (χ4v) is 9.04. The van der Waals surface area contributed by atoms with Gasteiger partial charge in [-0.3, -0.25) is 4.90 Å². The van der Waals surface area contributed by atoms with Gasteiger partial charge in [0, 0.05) is 5.56 Å². The molecule has 4 saturated carbocycles. The maximum atomic E-state index is 13.1. The lowest BCUT2D eigenvalue weighted by Gasteiger charge is -2.62. The predicted octanol–water partition coefficient (Wildman–Crippen LogP) is 4.58. The third-order valence-corrected chi connectivity index (χ3v) is 9.58. The molecule has 152 valence electrons. The summed E-state index contributed by atoms with van der Waals surface area (Å²) in [5.41, 5.74) is 0.223. The average Bonchev–Trinajstić information content (AvgIpc) is 3.28. The zero-order valence-electron chi connectivity index (χ0n) is 17.3. The van der Waals surface area contributed by atoms with E-state index in [1.807, 2.05) is 0 Å². The number of methoxy groups -OCH3 is 1. The Balaban J connectivity index is 1.54. The molecule has 3 heteroatoms. The molecular weight excluding hydrogens is 346 g/mol. The van der Waals surface area contributed by atoms with Gasteiger partial charge >= 0.3 is 0 Å². The number of rotatable bonds is 4. The topological polar surface area (TPSA) is 32.7 Å². The monoisotopic (exact) mass is 381 g/mol. The van der Waals surface area contributed by atoms with E-state index >= 15 is 0 Å². The molecular formula is C25H35NO2. The number of hydrogen-bond acceptors (Lipinski definition) is 3. The molecule has 6 aliphatic rings. The van der Waals surface area contributed by atoms with Crippen molar-refractivity contribution in [3.8, 4) is 5.75 Å². The highest BCUT2D eigenvalue weighted by Gasteiger charge is 2.67. The molecule has 1 aromatic carbocycles. The van der Waals surface area contributed by atoms with E-state index in [0.29, 0.717) is 17.8 Å². The van der Waals surface area contributed by atoms with Gasteiger partial charge in [-0.1, -0.05) is 18.2 Å². The van der Waals surface area contributed by atoms with Crippen molar-refractivity contribution in [1.29, 1.82) is 0 Å². The zero-order valence-corrected chi connectivity index (χ0v) is 17.3. The maximum Gasteiger partial charge on any atom is 0.125 e. The van der Waals surface area contributed by atoms with E-state index in [-0.39, 0.29) is 5.54 Å². The molecule has 4 aliphatic carbocycles. The van der Waals surface area contributed by atoms with Crippen molar-refractivity contribution in [2.45, 2.75) is 68.9 Å². The van der Waals surface area contributed by atoms with E-state index in [4.69, 9.17) is 4.74 Å². The normalized spacial score (nSPS) is 40.4. The Kier molecular flexibility index (Phi) is 3.95. The van der Waals surface area contributed by atoms with E-state index in [1.54, 1.807) is 7.11 Å². The van der Waals surface area contributed by atoms with Crippen LogP contribution in [-0.2, 0) is 5.60 Å². The fourth-order valence-electron chi connectivity index (χ4n) is 9.04. The van der Waals surface area contributed by atoms with Gasteiger partial charge in [-0.05, 0) is 107 Å². The van der Waals surface area contributed by atoms with Gasteiger partial charge in [0.1, 0.15) is 11.4 Å². The van der Waals surface area contributed by atoms with Gasteiger partial charge in [-0.15, -0.1) is 0 Å². The van der Waals surface area contributed by atoms with E-state index in [0.717, 1.165) is 49.1 Å². The first-order chi connectivity index (χ1) is 13.7. The highest BCUT2D eigenvalue weighted by Crippen LogP contribution is 2.66. The fraction of sp³-hybridized carbons (Fsp3) is 0.760. The van der Waals surface area contributed by atoms with E-state index in [2.05, 4.69) is 29.2 Å². The Morgan fingerprint density at radius 1 is 0.964 bits per heavy atom. The number of hydrogen-bond donors (Lipinski definition) is 1. The third kappa shape index (κ3) is 2.18. The Morgan fingerprint density at radius 2 is 1.57 bits per heavy atom.